The summed E-state index contributed by atoms with van der Waals surface area (Å²) in [5.74, 6) is 2.40. The first kappa shape index (κ1) is 14.2. The van der Waals surface area contributed by atoms with Crippen LogP contribution >= 0.6 is 43.6 Å². The van der Waals surface area contributed by atoms with Crippen LogP contribution in [0.2, 0.25) is 0 Å². The summed E-state index contributed by atoms with van der Waals surface area (Å²) in [7, 11) is 0. The predicted octanol–water partition coefficient (Wildman–Crippen LogP) is 4.68. The molecular weight excluding hydrogens is 390 g/mol. The first-order chi connectivity index (χ1) is 9.17. The van der Waals surface area contributed by atoms with Crippen LogP contribution in [-0.4, -0.2) is 29.8 Å². The molecule has 104 valence electrons. The molecule has 0 aromatic heterocycles. The van der Waals surface area contributed by atoms with Gasteiger partial charge in [0.15, 0.2) is 0 Å². The number of hydrogen-bond acceptors (Lipinski definition) is 3. The Bertz CT molecular complexity index is 463. The van der Waals surface area contributed by atoms with Crippen molar-refractivity contribution in [1.29, 1.82) is 0 Å². The lowest BCUT2D eigenvalue weighted by molar-refractivity contribution is -0.0628. The zero-order chi connectivity index (χ0) is 13.3. The molecule has 0 saturated carbocycles. The number of rotatable bonds is 2. The highest BCUT2D eigenvalue weighted by Crippen LogP contribution is 2.39. The van der Waals surface area contributed by atoms with Crippen molar-refractivity contribution >= 4 is 49.3 Å². The van der Waals surface area contributed by atoms with Crippen molar-refractivity contribution in [3.8, 4) is 0 Å². The second kappa shape index (κ2) is 5.96. The molecule has 19 heavy (non-hydrogen) atoms. The third-order valence-electron chi connectivity index (χ3n) is 3.85. The van der Waals surface area contributed by atoms with Gasteiger partial charge in [-0.1, -0.05) is 15.9 Å². The number of halogens is 2. The molecule has 2 unspecified atom stereocenters. The fourth-order valence-electron chi connectivity index (χ4n) is 2.84. The maximum Gasteiger partial charge on any atom is 0.0799 e. The number of nitrogens with one attached hydrogen (secondary N) is 1. The summed E-state index contributed by atoms with van der Waals surface area (Å²) >= 11 is 9.17. The number of thioether (sulfide) groups is 1. The number of hydrogen-bond donors (Lipinski definition) is 1. The highest BCUT2D eigenvalue weighted by atomic mass is 79.9. The van der Waals surface area contributed by atoms with E-state index in [9.17, 15) is 0 Å². The van der Waals surface area contributed by atoms with Gasteiger partial charge < -0.3 is 10.1 Å². The lowest BCUT2D eigenvalue weighted by Gasteiger charge is -2.38. The summed E-state index contributed by atoms with van der Waals surface area (Å²) in [6, 6.07) is 6.77. The normalized spacial score (nSPS) is 30.7. The van der Waals surface area contributed by atoms with E-state index in [-0.39, 0.29) is 5.60 Å². The van der Waals surface area contributed by atoms with E-state index < -0.39 is 0 Å². The van der Waals surface area contributed by atoms with Crippen molar-refractivity contribution in [3.63, 3.8) is 0 Å². The van der Waals surface area contributed by atoms with E-state index in [1.807, 2.05) is 17.8 Å². The van der Waals surface area contributed by atoms with Crippen LogP contribution in [0.1, 0.15) is 19.3 Å². The first-order valence-corrected chi connectivity index (χ1v) is 9.34. The lowest BCUT2D eigenvalue weighted by Crippen LogP contribution is -2.44. The van der Waals surface area contributed by atoms with E-state index in [4.69, 9.17) is 4.74 Å². The van der Waals surface area contributed by atoms with Crippen molar-refractivity contribution in [3.05, 3.63) is 27.1 Å². The van der Waals surface area contributed by atoms with E-state index in [1.165, 1.54) is 17.9 Å². The van der Waals surface area contributed by atoms with Gasteiger partial charge in [0.25, 0.3) is 0 Å². The third kappa shape index (κ3) is 3.31. The minimum Gasteiger partial charge on any atom is -0.381 e. The zero-order valence-electron chi connectivity index (χ0n) is 10.6. The molecule has 1 spiro atoms. The number of ether oxygens (including phenoxy) is 1. The lowest BCUT2D eigenvalue weighted by atomic mass is 9.90. The second-order valence-electron chi connectivity index (χ2n) is 5.29. The Kier molecular flexibility index (Phi) is 4.47. The maximum absolute atomic E-state index is 6.07. The summed E-state index contributed by atoms with van der Waals surface area (Å²) in [6.45, 7) is 0.879. The Morgan fingerprint density at radius 2 is 2.26 bits per heavy atom. The monoisotopic (exact) mass is 405 g/mol. The minimum atomic E-state index is 0.138. The van der Waals surface area contributed by atoms with Crippen molar-refractivity contribution in [2.24, 2.45) is 0 Å². The summed E-state index contributed by atoms with van der Waals surface area (Å²) in [4.78, 5) is 0. The second-order valence-corrected chi connectivity index (χ2v) is 8.17. The molecule has 1 aromatic carbocycles. The molecule has 5 heteroatoms. The SMILES string of the molecule is Brc1ccc(Br)c(NC2CCOC3(CCSC3)C2)c1. The van der Waals surface area contributed by atoms with Gasteiger partial charge in [0, 0.05) is 33.0 Å². The molecule has 2 fully saturated rings. The topological polar surface area (TPSA) is 21.3 Å². The molecule has 2 saturated heterocycles. The fourth-order valence-corrected chi connectivity index (χ4v) is 4.94. The summed E-state index contributed by atoms with van der Waals surface area (Å²) in [5.41, 5.74) is 1.31. The van der Waals surface area contributed by atoms with E-state index in [0.717, 1.165) is 34.1 Å². The summed E-state index contributed by atoms with van der Waals surface area (Å²) < 4.78 is 8.30. The summed E-state index contributed by atoms with van der Waals surface area (Å²) in [6.07, 6.45) is 3.42. The largest absolute Gasteiger partial charge is 0.381 e. The van der Waals surface area contributed by atoms with Crippen molar-refractivity contribution in [2.75, 3.05) is 23.4 Å². The van der Waals surface area contributed by atoms with Gasteiger partial charge in [-0.2, -0.15) is 11.8 Å². The highest BCUT2D eigenvalue weighted by Gasteiger charge is 2.40. The highest BCUT2D eigenvalue weighted by molar-refractivity contribution is 9.11. The van der Waals surface area contributed by atoms with Crippen molar-refractivity contribution < 1.29 is 4.74 Å². The predicted molar refractivity (Wildman–Crippen MR) is 89.1 cm³/mol. The van der Waals surface area contributed by atoms with Crippen LogP contribution in [0, 0.1) is 0 Å². The number of anilines is 1. The molecule has 2 nitrogen and oxygen atoms in total. The Morgan fingerprint density at radius 1 is 1.37 bits per heavy atom. The molecule has 2 atom stereocenters. The third-order valence-corrected chi connectivity index (χ3v) is 6.26. The van der Waals surface area contributed by atoms with Gasteiger partial charge in [0.1, 0.15) is 0 Å². The standard InChI is InChI=1S/C14H17Br2NOS/c15-10-1-2-12(16)13(7-10)17-11-3-5-18-14(8-11)4-6-19-9-14/h1-2,7,11,17H,3-6,8-9H2. The molecule has 1 aromatic rings. The molecule has 0 bridgehead atoms. The van der Waals surface area contributed by atoms with Crippen LogP contribution in [0.15, 0.2) is 27.1 Å². The van der Waals surface area contributed by atoms with E-state index in [1.54, 1.807) is 0 Å². The van der Waals surface area contributed by atoms with Gasteiger partial charge in [-0.25, -0.2) is 0 Å². The van der Waals surface area contributed by atoms with Crippen LogP contribution in [0.4, 0.5) is 5.69 Å². The van der Waals surface area contributed by atoms with E-state index in [2.05, 4.69) is 49.3 Å². The molecular formula is C14H17Br2NOS. The molecule has 3 rings (SSSR count). The average Bonchev–Trinajstić information content (AvgIpc) is 2.82. The fraction of sp³-hybridized carbons (Fsp3) is 0.571. The zero-order valence-corrected chi connectivity index (χ0v) is 14.6. The first-order valence-electron chi connectivity index (χ1n) is 6.60. The quantitative estimate of drug-likeness (QED) is 0.770. The smallest absolute Gasteiger partial charge is 0.0799 e. The van der Waals surface area contributed by atoms with Crippen LogP contribution in [0.5, 0.6) is 0 Å². The van der Waals surface area contributed by atoms with E-state index >= 15 is 0 Å². The molecule has 2 aliphatic heterocycles. The molecule has 0 aliphatic carbocycles. The number of benzene rings is 1. The van der Waals surface area contributed by atoms with E-state index in [0.29, 0.717) is 6.04 Å². The van der Waals surface area contributed by atoms with Gasteiger partial charge >= 0.3 is 0 Å². The Balaban J connectivity index is 1.70. The molecule has 0 radical (unpaired) electrons. The van der Waals surface area contributed by atoms with Crippen LogP contribution in [-0.2, 0) is 4.74 Å². The molecule has 2 heterocycles. The Morgan fingerprint density at radius 3 is 3.05 bits per heavy atom. The van der Waals surface area contributed by atoms with Crippen molar-refractivity contribution in [2.45, 2.75) is 30.9 Å². The van der Waals surface area contributed by atoms with Gasteiger partial charge in [0.05, 0.1) is 5.60 Å². The van der Waals surface area contributed by atoms with Crippen LogP contribution in [0.25, 0.3) is 0 Å². The van der Waals surface area contributed by atoms with Gasteiger partial charge in [-0.05, 0) is 59.1 Å². The minimum absolute atomic E-state index is 0.138. The average molecular weight is 407 g/mol. The molecule has 0 amide bonds. The van der Waals surface area contributed by atoms with Crippen molar-refractivity contribution in [1.82, 2.24) is 0 Å². The Labute approximate surface area is 135 Å². The van der Waals surface area contributed by atoms with Gasteiger partial charge in [0.2, 0.25) is 0 Å². The molecule has 2 aliphatic rings. The van der Waals surface area contributed by atoms with Gasteiger partial charge in [-0.3, -0.25) is 0 Å². The molecule has 1 N–H and O–H groups in total. The summed E-state index contributed by atoms with van der Waals surface area (Å²) in [5, 5.41) is 3.68. The van der Waals surface area contributed by atoms with Crippen LogP contribution in [0.3, 0.4) is 0 Å². The maximum atomic E-state index is 6.07. The Hall–Kier alpha value is 0.290. The van der Waals surface area contributed by atoms with Gasteiger partial charge in [-0.15, -0.1) is 0 Å². The van der Waals surface area contributed by atoms with Crippen LogP contribution < -0.4 is 5.32 Å².